The van der Waals surface area contributed by atoms with E-state index in [1.165, 1.54) is 17.1 Å². The number of sulfonamides is 1. The van der Waals surface area contributed by atoms with Crippen LogP contribution in [0, 0.1) is 0 Å². The van der Waals surface area contributed by atoms with Crippen LogP contribution in [0.3, 0.4) is 0 Å². The molecule has 0 saturated carbocycles. The Morgan fingerprint density at radius 3 is 2.39 bits per heavy atom. The zero-order chi connectivity index (χ0) is 19.1. The average Bonchev–Trinajstić information content (AvgIpc) is 3.21. The summed E-state index contributed by atoms with van der Waals surface area (Å²) in [7, 11) is -3.34. The Kier molecular flexibility index (Phi) is 9.45. The number of likely N-dealkylation sites (tertiary alicyclic amines) is 1. The minimum atomic E-state index is -3.34. The lowest BCUT2D eigenvalue weighted by Crippen LogP contribution is -2.41. The van der Waals surface area contributed by atoms with E-state index in [1.54, 1.807) is 0 Å². The van der Waals surface area contributed by atoms with Crippen LogP contribution in [0.2, 0.25) is 0 Å². The van der Waals surface area contributed by atoms with Crippen molar-refractivity contribution in [3.05, 3.63) is 35.4 Å². The van der Waals surface area contributed by atoms with Crippen LogP contribution >= 0.6 is 24.0 Å². The summed E-state index contributed by atoms with van der Waals surface area (Å²) in [5.74, 6) is 0.930. The minimum absolute atomic E-state index is 0. The highest BCUT2D eigenvalue weighted by atomic mass is 127. The number of halogens is 1. The summed E-state index contributed by atoms with van der Waals surface area (Å²) < 4.78 is 32.3. The minimum Gasteiger partial charge on any atom is -0.379 e. The van der Waals surface area contributed by atoms with Gasteiger partial charge in [0.1, 0.15) is 0 Å². The van der Waals surface area contributed by atoms with E-state index in [4.69, 9.17) is 9.73 Å². The van der Waals surface area contributed by atoms with Crippen molar-refractivity contribution in [3.63, 3.8) is 0 Å². The summed E-state index contributed by atoms with van der Waals surface area (Å²) >= 11 is 0. The van der Waals surface area contributed by atoms with Gasteiger partial charge in [0.15, 0.2) is 5.96 Å². The van der Waals surface area contributed by atoms with Crippen LogP contribution in [0.5, 0.6) is 0 Å². The Hall–Kier alpha value is -0.910. The predicted molar refractivity (Wildman–Crippen MR) is 122 cm³/mol. The molecule has 0 atom stereocenters. The molecule has 2 fully saturated rings. The number of benzene rings is 1. The van der Waals surface area contributed by atoms with Crippen LogP contribution in [0.1, 0.15) is 30.9 Å². The van der Waals surface area contributed by atoms with Gasteiger partial charge in [-0.2, -0.15) is 4.31 Å². The first-order valence-electron chi connectivity index (χ1n) is 9.76. The fourth-order valence-electron chi connectivity index (χ4n) is 3.48. The molecule has 2 aliphatic heterocycles. The Morgan fingerprint density at radius 1 is 1.11 bits per heavy atom. The molecule has 7 nitrogen and oxygen atoms in total. The third-order valence-corrected chi connectivity index (χ3v) is 6.79. The van der Waals surface area contributed by atoms with E-state index < -0.39 is 10.0 Å². The van der Waals surface area contributed by atoms with Gasteiger partial charge in [-0.05, 0) is 30.9 Å². The van der Waals surface area contributed by atoms with Crippen molar-refractivity contribution >= 4 is 40.0 Å². The summed E-state index contributed by atoms with van der Waals surface area (Å²) in [4.78, 5) is 7.05. The van der Waals surface area contributed by atoms with Crippen LogP contribution in [0.15, 0.2) is 29.3 Å². The van der Waals surface area contributed by atoms with Crippen LogP contribution in [0.4, 0.5) is 0 Å². The second kappa shape index (κ2) is 11.3. The van der Waals surface area contributed by atoms with E-state index in [9.17, 15) is 8.42 Å². The smallest absolute Gasteiger partial charge is 0.218 e. The van der Waals surface area contributed by atoms with Crippen LogP contribution < -0.4 is 5.32 Å². The van der Waals surface area contributed by atoms with Gasteiger partial charge in [0.05, 0.1) is 25.5 Å². The Bertz CT molecular complexity index is 745. The third-order valence-electron chi connectivity index (χ3n) is 4.96. The average molecular weight is 522 g/mol. The molecule has 1 aromatic carbocycles. The second-order valence-electron chi connectivity index (χ2n) is 6.90. The topological polar surface area (TPSA) is 74.2 Å². The zero-order valence-electron chi connectivity index (χ0n) is 16.5. The number of morpholine rings is 1. The molecular formula is C19H31IN4O3S. The molecule has 0 amide bonds. The number of aliphatic imine (C=N–C) groups is 1. The summed E-state index contributed by atoms with van der Waals surface area (Å²) in [6.07, 6.45) is 2.39. The van der Waals surface area contributed by atoms with E-state index in [0.29, 0.717) is 32.8 Å². The van der Waals surface area contributed by atoms with Crippen molar-refractivity contribution in [1.29, 1.82) is 0 Å². The number of rotatable bonds is 6. The molecule has 3 rings (SSSR count). The molecule has 2 aliphatic rings. The largest absolute Gasteiger partial charge is 0.379 e. The molecule has 0 spiro atoms. The fraction of sp³-hybridized carbons (Fsp3) is 0.632. The maximum atomic E-state index is 12.8. The maximum Gasteiger partial charge on any atom is 0.218 e. The van der Waals surface area contributed by atoms with E-state index in [2.05, 4.69) is 17.1 Å². The van der Waals surface area contributed by atoms with Gasteiger partial charge in [-0.3, -0.25) is 0 Å². The van der Waals surface area contributed by atoms with Crippen molar-refractivity contribution in [2.75, 3.05) is 45.9 Å². The number of hydrogen-bond donors (Lipinski definition) is 1. The summed E-state index contributed by atoms with van der Waals surface area (Å²) in [5, 5.41) is 3.35. The summed E-state index contributed by atoms with van der Waals surface area (Å²) in [6, 6.07) is 7.70. The second-order valence-corrected chi connectivity index (χ2v) is 8.87. The van der Waals surface area contributed by atoms with Gasteiger partial charge in [-0.25, -0.2) is 13.4 Å². The quantitative estimate of drug-likeness (QED) is 0.352. The van der Waals surface area contributed by atoms with Crippen molar-refractivity contribution in [2.45, 2.75) is 32.1 Å². The van der Waals surface area contributed by atoms with Gasteiger partial charge in [0.25, 0.3) is 0 Å². The molecule has 158 valence electrons. The standard InChI is InChI=1S/C19H30N4O3S.HI/c1-2-20-19(22-9-5-6-10-22)21-15-17-7-3-4-8-18(17)16-27(24,25)23-11-13-26-14-12-23;/h3-4,7-8H,2,5-6,9-16H2,1H3,(H,20,21);1H. The van der Waals surface area contributed by atoms with Gasteiger partial charge >= 0.3 is 0 Å². The van der Waals surface area contributed by atoms with Crippen molar-refractivity contribution < 1.29 is 13.2 Å². The third kappa shape index (κ3) is 6.30. The Morgan fingerprint density at radius 2 is 1.75 bits per heavy atom. The number of hydrogen-bond acceptors (Lipinski definition) is 4. The highest BCUT2D eigenvalue weighted by Gasteiger charge is 2.25. The molecule has 9 heteroatoms. The van der Waals surface area contributed by atoms with Crippen LogP contribution in [0.25, 0.3) is 0 Å². The highest BCUT2D eigenvalue weighted by molar-refractivity contribution is 14.0. The Labute approximate surface area is 185 Å². The van der Waals surface area contributed by atoms with Crippen molar-refractivity contribution in [3.8, 4) is 0 Å². The van der Waals surface area contributed by atoms with Crippen molar-refractivity contribution in [2.24, 2.45) is 4.99 Å². The SMILES string of the molecule is CCNC(=NCc1ccccc1CS(=O)(=O)N1CCOCC1)N1CCCC1.I. The molecule has 0 aromatic heterocycles. The van der Waals surface area contributed by atoms with E-state index in [-0.39, 0.29) is 29.7 Å². The molecule has 0 unspecified atom stereocenters. The molecular weight excluding hydrogens is 491 g/mol. The van der Waals surface area contributed by atoms with E-state index >= 15 is 0 Å². The Balaban J connectivity index is 0.00000280. The first-order valence-corrected chi connectivity index (χ1v) is 11.4. The lowest BCUT2D eigenvalue weighted by Gasteiger charge is -2.26. The molecule has 0 radical (unpaired) electrons. The van der Waals surface area contributed by atoms with E-state index in [1.807, 2.05) is 24.3 Å². The lowest BCUT2D eigenvalue weighted by molar-refractivity contribution is 0.0729. The maximum absolute atomic E-state index is 12.8. The number of nitrogens with zero attached hydrogens (tertiary/aromatic N) is 3. The molecule has 1 aromatic rings. The summed E-state index contributed by atoms with van der Waals surface area (Å²) in [6.45, 7) is 7.22. The molecule has 0 bridgehead atoms. The first-order chi connectivity index (χ1) is 13.1. The number of guanidine groups is 1. The molecule has 2 saturated heterocycles. The van der Waals surface area contributed by atoms with Crippen LogP contribution in [-0.4, -0.2) is 69.5 Å². The predicted octanol–water partition coefficient (Wildman–Crippen LogP) is 2.03. The van der Waals surface area contributed by atoms with Crippen LogP contribution in [-0.2, 0) is 27.1 Å². The van der Waals surface area contributed by atoms with Gasteiger partial charge in [0, 0.05) is 32.7 Å². The molecule has 2 heterocycles. The highest BCUT2D eigenvalue weighted by Crippen LogP contribution is 2.18. The summed E-state index contributed by atoms with van der Waals surface area (Å²) in [5.41, 5.74) is 1.79. The number of nitrogens with one attached hydrogen (secondary N) is 1. The van der Waals surface area contributed by atoms with Crippen molar-refractivity contribution in [1.82, 2.24) is 14.5 Å². The van der Waals surface area contributed by atoms with E-state index in [0.717, 1.165) is 36.7 Å². The van der Waals surface area contributed by atoms with Gasteiger partial charge in [-0.1, -0.05) is 24.3 Å². The molecule has 0 aliphatic carbocycles. The molecule has 1 N–H and O–H groups in total. The van der Waals surface area contributed by atoms with Gasteiger partial charge in [0.2, 0.25) is 10.0 Å². The van der Waals surface area contributed by atoms with Gasteiger partial charge in [-0.15, -0.1) is 24.0 Å². The fourth-order valence-corrected chi connectivity index (χ4v) is 5.04. The first kappa shape index (κ1) is 23.4. The zero-order valence-corrected chi connectivity index (χ0v) is 19.6. The number of ether oxygens (including phenoxy) is 1. The monoisotopic (exact) mass is 522 g/mol. The molecule has 28 heavy (non-hydrogen) atoms. The van der Waals surface area contributed by atoms with Gasteiger partial charge < -0.3 is 15.0 Å². The lowest BCUT2D eigenvalue weighted by atomic mass is 10.1. The normalized spacial score (nSPS) is 18.8.